The van der Waals surface area contributed by atoms with Gasteiger partial charge in [-0.25, -0.2) is 29.4 Å². The summed E-state index contributed by atoms with van der Waals surface area (Å²) >= 11 is 0. The van der Waals surface area contributed by atoms with E-state index in [0.717, 1.165) is 17.0 Å². The number of piperazine rings is 1. The van der Waals surface area contributed by atoms with Gasteiger partial charge in [0.2, 0.25) is 11.9 Å². The van der Waals surface area contributed by atoms with Crippen molar-refractivity contribution in [2.75, 3.05) is 29.9 Å². The zero-order valence-electron chi connectivity index (χ0n) is 21.5. The molecule has 0 saturated carbocycles. The van der Waals surface area contributed by atoms with Gasteiger partial charge in [0, 0.05) is 43.6 Å². The monoisotopic (exact) mass is 522 g/mol. The van der Waals surface area contributed by atoms with Crippen LogP contribution >= 0.6 is 0 Å². The number of amides is 1. The number of rotatable bonds is 6. The standard InChI is InChI=1S/C27H26N10O2/c1-4-24(38)35-9-10-36(18(3)14-35)27-28-13-21-25(34-27)26(31-15-29-21)33-19-5-6-22(17(2)11-19)39-20-7-8-37-23(12-20)30-16-32-37/h4-8,11-13,15-16,18H,1,9-10,14H2,2-3H3,(H,29,31,33)/t18-/m1/s1. The highest BCUT2D eigenvalue weighted by molar-refractivity contribution is 5.88. The molecule has 1 aromatic carbocycles. The third-order valence-electron chi connectivity index (χ3n) is 6.65. The van der Waals surface area contributed by atoms with Gasteiger partial charge in [-0.2, -0.15) is 5.10 Å². The van der Waals surface area contributed by atoms with Gasteiger partial charge in [-0.15, -0.1) is 0 Å². The number of hydrogen-bond donors (Lipinski definition) is 1. The molecule has 5 aromatic rings. The number of carbonyl (C=O) groups is 1. The SMILES string of the molecule is C=CC(=O)N1CCN(c2ncc3ncnc(Nc4ccc(Oc5ccn6ncnc6c5)c(C)c4)c3n2)[C@H](C)C1. The molecule has 1 aliphatic heterocycles. The van der Waals surface area contributed by atoms with Gasteiger partial charge < -0.3 is 19.9 Å². The first kappa shape index (κ1) is 24.2. The second-order valence-electron chi connectivity index (χ2n) is 9.29. The van der Waals surface area contributed by atoms with Gasteiger partial charge in [-0.3, -0.25) is 4.79 Å². The fourth-order valence-corrected chi connectivity index (χ4v) is 4.62. The highest BCUT2D eigenvalue weighted by Gasteiger charge is 2.27. The van der Waals surface area contributed by atoms with Crippen LogP contribution in [0.2, 0.25) is 0 Å². The van der Waals surface area contributed by atoms with E-state index in [-0.39, 0.29) is 11.9 Å². The van der Waals surface area contributed by atoms with Crippen molar-refractivity contribution in [2.24, 2.45) is 0 Å². The van der Waals surface area contributed by atoms with E-state index >= 15 is 0 Å². The van der Waals surface area contributed by atoms with Crippen LogP contribution in [0.3, 0.4) is 0 Å². The summed E-state index contributed by atoms with van der Waals surface area (Å²) in [6, 6.07) is 9.53. The molecule has 0 spiro atoms. The van der Waals surface area contributed by atoms with E-state index in [4.69, 9.17) is 9.72 Å². The Morgan fingerprint density at radius 1 is 1.13 bits per heavy atom. The molecule has 0 aliphatic carbocycles. The lowest BCUT2D eigenvalue weighted by Gasteiger charge is -2.39. The number of aromatic nitrogens is 7. The van der Waals surface area contributed by atoms with Crippen molar-refractivity contribution in [1.82, 2.24) is 39.4 Å². The number of pyridine rings is 1. The maximum Gasteiger partial charge on any atom is 0.246 e. The van der Waals surface area contributed by atoms with Crippen LogP contribution < -0.4 is 15.0 Å². The van der Waals surface area contributed by atoms with Gasteiger partial charge in [0.25, 0.3) is 0 Å². The van der Waals surface area contributed by atoms with Gasteiger partial charge in [-0.1, -0.05) is 6.58 Å². The van der Waals surface area contributed by atoms with E-state index in [1.165, 1.54) is 18.7 Å². The maximum atomic E-state index is 12.0. The normalized spacial score (nSPS) is 15.5. The molecule has 1 atom stereocenters. The minimum Gasteiger partial charge on any atom is -0.457 e. The third-order valence-corrected chi connectivity index (χ3v) is 6.65. The molecule has 5 heterocycles. The zero-order valence-corrected chi connectivity index (χ0v) is 21.5. The summed E-state index contributed by atoms with van der Waals surface area (Å²) < 4.78 is 7.77. The molecule has 1 fully saturated rings. The molecule has 0 unspecified atom stereocenters. The van der Waals surface area contributed by atoms with Crippen LogP contribution in [0.15, 0.2) is 68.0 Å². The molecule has 0 radical (unpaired) electrons. The summed E-state index contributed by atoms with van der Waals surface area (Å²) in [7, 11) is 0. The second kappa shape index (κ2) is 9.97. The number of nitrogens with one attached hydrogen (secondary N) is 1. The van der Waals surface area contributed by atoms with Crippen LogP contribution in [0.4, 0.5) is 17.5 Å². The van der Waals surface area contributed by atoms with Gasteiger partial charge in [0.1, 0.15) is 35.2 Å². The van der Waals surface area contributed by atoms with E-state index in [1.54, 1.807) is 21.8 Å². The molecule has 12 nitrogen and oxygen atoms in total. The highest BCUT2D eigenvalue weighted by atomic mass is 16.5. The minimum atomic E-state index is -0.0658. The molecule has 1 amide bonds. The molecule has 1 saturated heterocycles. The lowest BCUT2D eigenvalue weighted by molar-refractivity contribution is -0.126. The van der Waals surface area contributed by atoms with Crippen LogP contribution in [0, 0.1) is 6.92 Å². The van der Waals surface area contributed by atoms with Crippen molar-refractivity contribution in [3.63, 3.8) is 0 Å². The molecule has 196 valence electrons. The second-order valence-corrected chi connectivity index (χ2v) is 9.29. The first-order valence-corrected chi connectivity index (χ1v) is 12.5. The van der Waals surface area contributed by atoms with Gasteiger partial charge in [0.05, 0.1) is 6.20 Å². The molecule has 12 heteroatoms. The van der Waals surface area contributed by atoms with Crippen molar-refractivity contribution < 1.29 is 9.53 Å². The Bertz CT molecular complexity index is 1700. The number of carbonyl (C=O) groups excluding carboxylic acids is 1. The van der Waals surface area contributed by atoms with Crippen molar-refractivity contribution in [3.8, 4) is 11.5 Å². The molecule has 0 bridgehead atoms. The summed E-state index contributed by atoms with van der Waals surface area (Å²) in [6.07, 6.45) is 7.85. The van der Waals surface area contributed by atoms with Gasteiger partial charge in [0.15, 0.2) is 11.5 Å². The van der Waals surface area contributed by atoms with E-state index in [1.807, 2.05) is 44.2 Å². The fraction of sp³-hybridized carbons (Fsp3) is 0.222. The molecule has 1 aliphatic rings. The Balaban J connectivity index is 1.22. The van der Waals surface area contributed by atoms with Crippen LogP contribution in [-0.4, -0.2) is 71.0 Å². The van der Waals surface area contributed by atoms with Crippen molar-refractivity contribution in [3.05, 3.63) is 73.6 Å². The molecule has 1 N–H and O–H groups in total. The summed E-state index contributed by atoms with van der Waals surface area (Å²) in [6.45, 7) is 9.39. The van der Waals surface area contributed by atoms with Crippen molar-refractivity contribution in [1.29, 1.82) is 0 Å². The number of aryl methyl sites for hydroxylation is 1. The average molecular weight is 523 g/mol. The molecule has 4 aromatic heterocycles. The molecule has 6 rings (SSSR count). The van der Waals surface area contributed by atoms with Crippen molar-refractivity contribution in [2.45, 2.75) is 19.9 Å². The van der Waals surface area contributed by atoms with Gasteiger partial charge >= 0.3 is 0 Å². The lowest BCUT2D eigenvalue weighted by Crippen LogP contribution is -2.54. The van der Waals surface area contributed by atoms with Crippen LogP contribution in [0.25, 0.3) is 16.7 Å². The predicted molar refractivity (Wildman–Crippen MR) is 146 cm³/mol. The number of benzene rings is 1. The number of nitrogens with zero attached hydrogens (tertiary/aromatic N) is 9. The average Bonchev–Trinajstić information content (AvgIpc) is 3.42. The van der Waals surface area contributed by atoms with E-state index < -0.39 is 0 Å². The number of fused-ring (bicyclic) bond motifs is 2. The summed E-state index contributed by atoms with van der Waals surface area (Å²) in [5.74, 6) is 2.48. The van der Waals surface area contributed by atoms with Crippen LogP contribution in [-0.2, 0) is 4.79 Å². The number of anilines is 3. The molecular weight excluding hydrogens is 496 g/mol. The quantitative estimate of drug-likeness (QED) is 0.331. The molecule has 39 heavy (non-hydrogen) atoms. The Hall–Kier alpha value is -5.13. The summed E-state index contributed by atoms with van der Waals surface area (Å²) in [4.78, 5) is 38.3. The Labute approximate surface area is 224 Å². The summed E-state index contributed by atoms with van der Waals surface area (Å²) in [5.41, 5.74) is 3.72. The zero-order chi connectivity index (χ0) is 26.9. The van der Waals surface area contributed by atoms with Crippen LogP contribution in [0.1, 0.15) is 12.5 Å². The predicted octanol–water partition coefficient (Wildman–Crippen LogP) is 3.53. The van der Waals surface area contributed by atoms with E-state index in [0.29, 0.717) is 53.8 Å². The topological polar surface area (TPSA) is 127 Å². The first-order valence-electron chi connectivity index (χ1n) is 12.5. The van der Waals surface area contributed by atoms with E-state index in [9.17, 15) is 4.79 Å². The fourth-order valence-electron chi connectivity index (χ4n) is 4.62. The van der Waals surface area contributed by atoms with Crippen LogP contribution in [0.5, 0.6) is 11.5 Å². The molecular formula is C27H26N10O2. The number of hydrogen-bond acceptors (Lipinski definition) is 10. The number of ether oxygens (including phenoxy) is 1. The summed E-state index contributed by atoms with van der Waals surface area (Å²) in [5, 5.41) is 7.48. The van der Waals surface area contributed by atoms with E-state index in [2.05, 4.69) is 41.8 Å². The third kappa shape index (κ3) is 4.79. The Morgan fingerprint density at radius 2 is 2.03 bits per heavy atom. The Morgan fingerprint density at radius 3 is 2.85 bits per heavy atom. The lowest BCUT2D eigenvalue weighted by atomic mass is 10.2. The Kier molecular flexibility index (Phi) is 6.19. The first-order chi connectivity index (χ1) is 19.0. The largest absolute Gasteiger partial charge is 0.457 e. The highest BCUT2D eigenvalue weighted by Crippen LogP contribution is 2.30. The smallest absolute Gasteiger partial charge is 0.246 e. The van der Waals surface area contributed by atoms with Crippen molar-refractivity contribution >= 4 is 40.0 Å². The maximum absolute atomic E-state index is 12.0. The van der Waals surface area contributed by atoms with Gasteiger partial charge in [-0.05, 0) is 49.8 Å². The minimum absolute atomic E-state index is 0.0433.